The van der Waals surface area contributed by atoms with Gasteiger partial charge in [-0.05, 0) is 17.7 Å². The zero-order valence-corrected chi connectivity index (χ0v) is 8.85. The van der Waals surface area contributed by atoms with Crippen LogP contribution in [-0.4, -0.2) is 16.7 Å². The Balaban J connectivity index is 2.45. The fraction of sp³-hybridized carbons (Fsp3) is 0.100. The minimum Gasteiger partial charge on any atom is -0.392 e. The summed E-state index contributed by atoms with van der Waals surface area (Å²) in [7, 11) is 0. The van der Waals surface area contributed by atoms with Crippen molar-refractivity contribution in [2.24, 2.45) is 0 Å². The molecule has 14 heavy (non-hydrogen) atoms. The minimum atomic E-state index is 0.0570. The highest BCUT2D eigenvalue weighted by Gasteiger charge is 2.00. The Morgan fingerprint density at radius 2 is 2.36 bits per heavy atom. The molecule has 1 heterocycles. The van der Waals surface area contributed by atoms with Crippen LogP contribution in [-0.2, 0) is 0 Å². The molecule has 0 fully saturated rings. The van der Waals surface area contributed by atoms with Crippen molar-refractivity contribution in [1.82, 2.24) is 4.98 Å². The first-order chi connectivity index (χ1) is 6.79. The molecule has 1 N–H and O–H groups in total. The normalized spacial score (nSPS) is 11.6. The van der Waals surface area contributed by atoms with Gasteiger partial charge in [-0.15, -0.1) is 11.3 Å². The maximum atomic E-state index is 8.63. The number of benzene rings is 1. The second-order valence-corrected chi connectivity index (χ2v) is 4.39. The number of fused-ring (bicyclic) bond motifs is 1. The molecule has 2 aromatic rings. The maximum absolute atomic E-state index is 8.63. The van der Waals surface area contributed by atoms with Gasteiger partial charge in [-0.2, -0.15) is 0 Å². The number of halogens is 1. The SMILES string of the molecule is OCC=Cc1ccc2nc(Cl)sc2c1. The van der Waals surface area contributed by atoms with Crippen molar-refractivity contribution in [2.75, 3.05) is 6.61 Å². The predicted molar refractivity (Wildman–Crippen MR) is 60.7 cm³/mol. The monoisotopic (exact) mass is 225 g/mol. The molecule has 0 aliphatic heterocycles. The summed E-state index contributed by atoms with van der Waals surface area (Å²) >= 11 is 7.25. The molecule has 1 aromatic carbocycles. The number of nitrogens with zero attached hydrogens (tertiary/aromatic N) is 1. The van der Waals surface area contributed by atoms with Crippen molar-refractivity contribution in [3.05, 3.63) is 34.3 Å². The Hall–Kier alpha value is -0.900. The van der Waals surface area contributed by atoms with Crippen LogP contribution in [0.3, 0.4) is 0 Å². The molecule has 2 rings (SSSR count). The molecular weight excluding hydrogens is 218 g/mol. The van der Waals surface area contributed by atoms with Crippen molar-refractivity contribution in [2.45, 2.75) is 0 Å². The molecule has 0 bridgehead atoms. The van der Waals surface area contributed by atoms with E-state index in [9.17, 15) is 0 Å². The molecule has 4 heteroatoms. The molecule has 0 saturated carbocycles. The second kappa shape index (κ2) is 4.09. The summed E-state index contributed by atoms with van der Waals surface area (Å²) in [6.07, 6.45) is 3.57. The molecule has 0 atom stereocenters. The van der Waals surface area contributed by atoms with Crippen molar-refractivity contribution in [3.63, 3.8) is 0 Å². The number of thiazole rings is 1. The summed E-state index contributed by atoms with van der Waals surface area (Å²) in [5.41, 5.74) is 1.97. The van der Waals surface area contributed by atoms with Gasteiger partial charge in [-0.3, -0.25) is 0 Å². The number of rotatable bonds is 2. The number of aliphatic hydroxyl groups is 1. The van der Waals surface area contributed by atoms with Gasteiger partial charge < -0.3 is 5.11 Å². The Bertz CT molecular complexity index is 478. The first-order valence-corrected chi connectivity index (χ1v) is 5.32. The van der Waals surface area contributed by atoms with Gasteiger partial charge in [-0.25, -0.2) is 4.98 Å². The van der Waals surface area contributed by atoms with Gasteiger partial charge in [0.15, 0.2) is 4.47 Å². The van der Waals surface area contributed by atoms with E-state index in [2.05, 4.69) is 4.98 Å². The molecule has 0 aliphatic rings. The van der Waals surface area contributed by atoms with Gasteiger partial charge in [0.05, 0.1) is 16.8 Å². The van der Waals surface area contributed by atoms with Crippen molar-refractivity contribution < 1.29 is 5.11 Å². The van der Waals surface area contributed by atoms with Crippen LogP contribution < -0.4 is 0 Å². The van der Waals surface area contributed by atoms with Crippen LogP contribution in [0, 0.1) is 0 Å². The van der Waals surface area contributed by atoms with Crippen molar-refractivity contribution >= 4 is 39.2 Å². The van der Waals surface area contributed by atoms with E-state index in [0.29, 0.717) is 4.47 Å². The highest BCUT2D eigenvalue weighted by molar-refractivity contribution is 7.22. The number of aliphatic hydroxyl groups excluding tert-OH is 1. The summed E-state index contributed by atoms with van der Waals surface area (Å²) < 4.78 is 1.62. The highest BCUT2D eigenvalue weighted by atomic mass is 35.5. The molecule has 0 unspecified atom stereocenters. The topological polar surface area (TPSA) is 33.1 Å². The summed E-state index contributed by atoms with van der Waals surface area (Å²) in [5.74, 6) is 0. The van der Waals surface area contributed by atoms with Crippen molar-refractivity contribution in [1.29, 1.82) is 0 Å². The Morgan fingerprint density at radius 3 is 3.14 bits per heavy atom. The Morgan fingerprint density at radius 1 is 1.50 bits per heavy atom. The van der Waals surface area contributed by atoms with Gasteiger partial charge in [-0.1, -0.05) is 29.8 Å². The average molecular weight is 226 g/mol. The van der Waals surface area contributed by atoms with E-state index in [1.54, 1.807) is 6.08 Å². The van der Waals surface area contributed by atoms with E-state index < -0.39 is 0 Å². The fourth-order valence-corrected chi connectivity index (χ4v) is 2.28. The van der Waals surface area contributed by atoms with Gasteiger partial charge in [0.25, 0.3) is 0 Å². The van der Waals surface area contributed by atoms with E-state index >= 15 is 0 Å². The van der Waals surface area contributed by atoms with E-state index in [-0.39, 0.29) is 6.61 Å². The lowest BCUT2D eigenvalue weighted by Gasteiger charge is -1.91. The van der Waals surface area contributed by atoms with Gasteiger partial charge >= 0.3 is 0 Å². The smallest absolute Gasteiger partial charge is 0.184 e. The molecule has 2 nitrogen and oxygen atoms in total. The summed E-state index contributed by atoms with van der Waals surface area (Å²) in [6.45, 7) is 0.0570. The van der Waals surface area contributed by atoms with Crippen LogP contribution in [0.2, 0.25) is 4.47 Å². The molecule has 72 valence electrons. The minimum absolute atomic E-state index is 0.0570. The highest BCUT2D eigenvalue weighted by Crippen LogP contribution is 2.26. The fourth-order valence-electron chi connectivity index (χ4n) is 1.21. The van der Waals surface area contributed by atoms with Crippen LogP contribution >= 0.6 is 22.9 Å². The first kappa shape index (κ1) is 9.65. The zero-order chi connectivity index (χ0) is 9.97. The third-order valence-electron chi connectivity index (χ3n) is 1.80. The average Bonchev–Trinajstić information content (AvgIpc) is 2.54. The van der Waals surface area contributed by atoms with Crippen LogP contribution in [0.1, 0.15) is 5.56 Å². The first-order valence-electron chi connectivity index (χ1n) is 4.13. The number of hydrogen-bond donors (Lipinski definition) is 1. The van der Waals surface area contributed by atoms with E-state index in [1.807, 2.05) is 24.3 Å². The lowest BCUT2D eigenvalue weighted by Crippen LogP contribution is -1.74. The summed E-state index contributed by atoms with van der Waals surface area (Å²) in [5, 5.41) is 8.63. The van der Waals surface area contributed by atoms with Crippen LogP contribution in [0.15, 0.2) is 24.3 Å². The quantitative estimate of drug-likeness (QED) is 0.853. The largest absolute Gasteiger partial charge is 0.392 e. The number of aromatic nitrogens is 1. The molecule has 0 saturated heterocycles. The zero-order valence-electron chi connectivity index (χ0n) is 7.27. The molecule has 0 amide bonds. The number of hydrogen-bond acceptors (Lipinski definition) is 3. The summed E-state index contributed by atoms with van der Waals surface area (Å²) in [6, 6.07) is 5.88. The standard InChI is InChI=1S/C10H8ClNOS/c11-10-12-8-4-3-7(2-1-5-13)6-9(8)14-10/h1-4,6,13H,5H2. The maximum Gasteiger partial charge on any atom is 0.184 e. The van der Waals surface area contributed by atoms with Crippen LogP contribution in [0.25, 0.3) is 16.3 Å². The van der Waals surface area contributed by atoms with E-state index in [0.717, 1.165) is 15.8 Å². The van der Waals surface area contributed by atoms with Gasteiger partial charge in [0.1, 0.15) is 0 Å². The van der Waals surface area contributed by atoms with Crippen LogP contribution in [0.4, 0.5) is 0 Å². The lowest BCUT2D eigenvalue weighted by molar-refractivity contribution is 0.343. The van der Waals surface area contributed by atoms with Crippen LogP contribution in [0.5, 0.6) is 0 Å². The molecular formula is C10H8ClNOS. The lowest BCUT2D eigenvalue weighted by atomic mass is 10.2. The third-order valence-corrected chi connectivity index (χ3v) is 2.92. The molecule has 1 aromatic heterocycles. The predicted octanol–water partition coefficient (Wildman–Crippen LogP) is 2.96. The summed E-state index contributed by atoms with van der Waals surface area (Å²) in [4.78, 5) is 4.15. The van der Waals surface area contributed by atoms with Gasteiger partial charge in [0, 0.05) is 0 Å². The molecule has 0 radical (unpaired) electrons. The molecule has 0 aliphatic carbocycles. The van der Waals surface area contributed by atoms with E-state index in [1.165, 1.54) is 11.3 Å². The Kier molecular flexibility index (Phi) is 2.82. The third kappa shape index (κ3) is 1.95. The van der Waals surface area contributed by atoms with Gasteiger partial charge in [0.2, 0.25) is 0 Å². The van der Waals surface area contributed by atoms with Crippen molar-refractivity contribution in [3.8, 4) is 0 Å². The second-order valence-electron chi connectivity index (χ2n) is 2.78. The van der Waals surface area contributed by atoms with E-state index in [4.69, 9.17) is 16.7 Å². The Labute approximate surface area is 90.5 Å². The molecule has 0 spiro atoms.